The maximum atomic E-state index is 5.81. The quantitative estimate of drug-likeness (QED) is 0.722. The average molecular weight is 216 g/mol. The van der Waals surface area contributed by atoms with Crippen LogP contribution < -0.4 is 0 Å². The zero-order valence-corrected chi connectivity index (χ0v) is 9.11. The number of halogens is 1. The summed E-state index contributed by atoms with van der Waals surface area (Å²) in [5.41, 5.74) is 2.54. The molecule has 0 saturated carbocycles. The Morgan fingerprint density at radius 1 is 0.867 bits per heavy atom. The number of hydrogen-bond donors (Lipinski definition) is 0. The standard InChI is InChI=1S/C14H12Cl/c15-14-10-8-13(9-11-14)7-6-12-4-2-1-3-5-12/h1-5,7-11H,6H2. The van der Waals surface area contributed by atoms with E-state index < -0.39 is 0 Å². The van der Waals surface area contributed by atoms with Crippen molar-refractivity contribution in [2.24, 2.45) is 0 Å². The van der Waals surface area contributed by atoms with Gasteiger partial charge in [0, 0.05) is 5.02 Å². The maximum Gasteiger partial charge on any atom is 0.0406 e. The van der Waals surface area contributed by atoms with Gasteiger partial charge in [0.25, 0.3) is 0 Å². The summed E-state index contributed by atoms with van der Waals surface area (Å²) < 4.78 is 0. The van der Waals surface area contributed by atoms with Gasteiger partial charge in [-0.3, -0.25) is 0 Å². The molecule has 0 aliphatic rings. The molecule has 2 aromatic carbocycles. The molecule has 0 unspecified atom stereocenters. The van der Waals surface area contributed by atoms with Gasteiger partial charge in [-0.1, -0.05) is 54.1 Å². The van der Waals surface area contributed by atoms with E-state index in [0.29, 0.717) is 0 Å². The molecule has 0 heterocycles. The van der Waals surface area contributed by atoms with Crippen LogP contribution in [0, 0.1) is 6.42 Å². The lowest BCUT2D eigenvalue weighted by molar-refractivity contribution is 1.17. The third kappa shape index (κ3) is 3.10. The summed E-state index contributed by atoms with van der Waals surface area (Å²) in [6.45, 7) is 0. The molecule has 2 aromatic rings. The van der Waals surface area contributed by atoms with E-state index in [1.807, 2.05) is 30.3 Å². The number of rotatable bonds is 3. The van der Waals surface area contributed by atoms with E-state index in [-0.39, 0.29) is 0 Å². The smallest absolute Gasteiger partial charge is 0.0406 e. The van der Waals surface area contributed by atoms with Crippen LogP contribution in [0.4, 0.5) is 0 Å². The highest BCUT2D eigenvalue weighted by molar-refractivity contribution is 6.30. The van der Waals surface area contributed by atoms with E-state index in [1.54, 1.807) is 0 Å². The van der Waals surface area contributed by atoms with Crippen molar-refractivity contribution in [3.05, 3.63) is 77.2 Å². The van der Waals surface area contributed by atoms with Gasteiger partial charge >= 0.3 is 0 Å². The van der Waals surface area contributed by atoms with Gasteiger partial charge in [-0.2, -0.15) is 0 Å². The first-order chi connectivity index (χ1) is 7.34. The van der Waals surface area contributed by atoms with Crippen LogP contribution in [0.3, 0.4) is 0 Å². The second kappa shape index (κ2) is 4.99. The summed E-state index contributed by atoms with van der Waals surface area (Å²) in [6.07, 6.45) is 3.16. The third-order valence-electron chi connectivity index (χ3n) is 2.29. The second-order valence-corrected chi connectivity index (χ2v) is 3.88. The average Bonchev–Trinajstić information content (AvgIpc) is 2.30. The van der Waals surface area contributed by atoms with Crippen LogP contribution in [0.5, 0.6) is 0 Å². The van der Waals surface area contributed by atoms with Crippen molar-refractivity contribution in [3.63, 3.8) is 0 Å². The zero-order chi connectivity index (χ0) is 10.5. The van der Waals surface area contributed by atoms with Crippen LogP contribution in [-0.4, -0.2) is 0 Å². The topological polar surface area (TPSA) is 0 Å². The maximum absolute atomic E-state index is 5.81. The Morgan fingerprint density at radius 3 is 2.20 bits per heavy atom. The molecule has 0 spiro atoms. The minimum Gasteiger partial charge on any atom is -0.0843 e. The molecule has 0 atom stereocenters. The molecule has 15 heavy (non-hydrogen) atoms. The van der Waals surface area contributed by atoms with E-state index in [2.05, 4.69) is 30.7 Å². The molecule has 0 aliphatic carbocycles. The van der Waals surface area contributed by atoms with Gasteiger partial charge < -0.3 is 0 Å². The van der Waals surface area contributed by atoms with Crippen LogP contribution in [0.2, 0.25) is 5.02 Å². The summed E-state index contributed by atoms with van der Waals surface area (Å²) in [5, 5.41) is 0.784. The number of hydrogen-bond acceptors (Lipinski definition) is 0. The first-order valence-electron chi connectivity index (χ1n) is 4.97. The van der Waals surface area contributed by atoms with Gasteiger partial charge in [0.05, 0.1) is 0 Å². The van der Waals surface area contributed by atoms with Gasteiger partial charge in [-0.25, -0.2) is 0 Å². The largest absolute Gasteiger partial charge is 0.0843 e. The lowest BCUT2D eigenvalue weighted by Crippen LogP contribution is -1.87. The molecule has 75 valence electrons. The Hall–Kier alpha value is -1.27. The molecule has 0 amide bonds. The van der Waals surface area contributed by atoms with Crippen LogP contribution in [0.15, 0.2) is 54.6 Å². The molecule has 1 heteroatoms. The highest BCUT2D eigenvalue weighted by Crippen LogP contribution is 2.13. The summed E-state index contributed by atoms with van der Waals surface area (Å²) in [6, 6.07) is 18.3. The van der Waals surface area contributed by atoms with Crippen molar-refractivity contribution in [3.8, 4) is 0 Å². The Balaban J connectivity index is 1.96. The summed E-state index contributed by atoms with van der Waals surface area (Å²) in [4.78, 5) is 0. The van der Waals surface area contributed by atoms with Crippen molar-refractivity contribution in [2.45, 2.75) is 6.42 Å². The minimum atomic E-state index is 0.784. The molecule has 1 radical (unpaired) electrons. The molecule has 0 nitrogen and oxygen atoms in total. The minimum absolute atomic E-state index is 0.784. The molecule has 2 rings (SSSR count). The van der Waals surface area contributed by atoms with Crippen molar-refractivity contribution < 1.29 is 0 Å². The predicted octanol–water partition coefficient (Wildman–Crippen LogP) is 4.14. The van der Waals surface area contributed by atoms with E-state index in [9.17, 15) is 0 Å². The number of benzene rings is 2. The van der Waals surface area contributed by atoms with Crippen molar-refractivity contribution in [1.29, 1.82) is 0 Å². The van der Waals surface area contributed by atoms with Crippen molar-refractivity contribution >= 4 is 11.6 Å². The molecular formula is C14H12Cl. The van der Waals surface area contributed by atoms with Gasteiger partial charge in [-0.15, -0.1) is 0 Å². The monoisotopic (exact) mass is 215 g/mol. The molecular weight excluding hydrogens is 204 g/mol. The van der Waals surface area contributed by atoms with E-state index in [1.165, 1.54) is 11.1 Å². The van der Waals surface area contributed by atoms with Gasteiger partial charge in [-0.05, 0) is 36.1 Å². The van der Waals surface area contributed by atoms with Crippen LogP contribution >= 0.6 is 11.6 Å². The Kier molecular flexibility index (Phi) is 3.41. The SMILES string of the molecule is Clc1ccc([CH]Cc2ccccc2)cc1. The first-order valence-corrected chi connectivity index (χ1v) is 5.35. The molecule has 0 saturated heterocycles. The molecule has 0 aromatic heterocycles. The molecule has 0 bridgehead atoms. The lowest BCUT2D eigenvalue weighted by atomic mass is 10.0. The fourth-order valence-corrected chi connectivity index (χ4v) is 1.57. The van der Waals surface area contributed by atoms with Crippen LogP contribution in [0.25, 0.3) is 0 Å². The molecule has 0 fully saturated rings. The second-order valence-electron chi connectivity index (χ2n) is 3.45. The van der Waals surface area contributed by atoms with Gasteiger partial charge in [0.15, 0.2) is 0 Å². The Labute approximate surface area is 95.5 Å². The lowest BCUT2D eigenvalue weighted by Gasteiger charge is -2.01. The fraction of sp³-hybridized carbons (Fsp3) is 0.0714. The van der Waals surface area contributed by atoms with Gasteiger partial charge in [0.1, 0.15) is 0 Å². The highest BCUT2D eigenvalue weighted by Gasteiger charge is 1.95. The van der Waals surface area contributed by atoms with Crippen LogP contribution in [0.1, 0.15) is 11.1 Å². The molecule has 0 aliphatic heterocycles. The summed E-state index contributed by atoms with van der Waals surface area (Å²) >= 11 is 5.81. The highest BCUT2D eigenvalue weighted by atomic mass is 35.5. The summed E-state index contributed by atoms with van der Waals surface area (Å²) in [5.74, 6) is 0. The normalized spacial score (nSPS) is 10.2. The van der Waals surface area contributed by atoms with E-state index in [0.717, 1.165) is 11.4 Å². The predicted molar refractivity (Wildman–Crippen MR) is 65.0 cm³/mol. The summed E-state index contributed by atoms with van der Waals surface area (Å²) in [7, 11) is 0. The van der Waals surface area contributed by atoms with Crippen LogP contribution in [-0.2, 0) is 6.42 Å². The first kappa shape index (κ1) is 10.3. The molecule has 0 N–H and O–H groups in total. The Bertz CT molecular complexity index is 403. The fourth-order valence-electron chi connectivity index (χ4n) is 1.45. The van der Waals surface area contributed by atoms with E-state index in [4.69, 9.17) is 11.6 Å². The van der Waals surface area contributed by atoms with Gasteiger partial charge in [0.2, 0.25) is 0 Å². The van der Waals surface area contributed by atoms with Crippen molar-refractivity contribution in [2.75, 3.05) is 0 Å². The Morgan fingerprint density at radius 2 is 1.53 bits per heavy atom. The van der Waals surface area contributed by atoms with E-state index >= 15 is 0 Å². The van der Waals surface area contributed by atoms with Crippen molar-refractivity contribution in [1.82, 2.24) is 0 Å². The third-order valence-corrected chi connectivity index (χ3v) is 2.54. The zero-order valence-electron chi connectivity index (χ0n) is 8.36.